The maximum Gasteiger partial charge on any atom is 0.240 e. The Morgan fingerprint density at radius 1 is 1.56 bits per heavy atom. The van der Waals surface area contributed by atoms with E-state index in [0.29, 0.717) is 0 Å². The third kappa shape index (κ3) is 2.07. The molecule has 1 fully saturated rings. The number of nitrogens with two attached hydrogens (primary N) is 1. The fourth-order valence-electron chi connectivity index (χ4n) is 2.08. The van der Waals surface area contributed by atoms with Gasteiger partial charge in [-0.05, 0) is 0 Å². The third-order valence-electron chi connectivity index (χ3n) is 2.92. The highest BCUT2D eigenvalue weighted by Crippen LogP contribution is 2.19. The van der Waals surface area contributed by atoms with Crippen LogP contribution in [0.1, 0.15) is 11.7 Å². The van der Waals surface area contributed by atoms with Crippen LogP contribution in [0.25, 0.3) is 0 Å². The van der Waals surface area contributed by atoms with Crippen molar-refractivity contribution in [3.8, 4) is 0 Å². The average molecular weight is 223 g/mol. The van der Waals surface area contributed by atoms with Gasteiger partial charge in [0.15, 0.2) is 0 Å². The monoisotopic (exact) mass is 223 g/mol. The quantitative estimate of drug-likeness (QED) is 0.678. The second-order valence-electron chi connectivity index (χ2n) is 4.02. The summed E-state index contributed by atoms with van der Waals surface area (Å²) >= 11 is 0. The number of rotatable bonds is 3. The Bertz CT molecular complexity index is 369. The van der Waals surface area contributed by atoms with E-state index >= 15 is 0 Å². The molecule has 0 aliphatic carbocycles. The number of aryl methyl sites for hydroxylation is 1. The Balaban J connectivity index is 2.23. The maximum atomic E-state index is 11.6. The first-order valence-corrected chi connectivity index (χ1v) is 5.40. The molecule has 6 nitrogen and oxygen atoms in total. The van der Waals surface area contributed by atoms with Crippen molar-refractivity contribution in [1.29, 1.82) is 0 Å². The number of aromatic nitrogens is 2. The summed E-state index contributed by atoms with van der Waals surface area (Å²) in [5.41, 5.74) is 6.34. The minimum atomic E-state index is -0.366. The summed E-state index contributed by atoms with van der Waals surface area (Å²) in [5.74, 6) is -0.314. The van der Waals surface area contributed by atoms with Gasteiger partial charge in [0.2, 0.25) is 5.91 Å². The standard InChI is InChI=1S/C10H17N5O/c1-14-7-13-6-8(14)9(10(11)16)15-4-2-12-3-5-15/h6-7,9,12H,2-5H2,1H3,(H2,11,16). The van der Waals surface area contributed by atoms with Crippen molar-refractivity contribution in [3.63, 3.8) is 0 Å². The van der Waals surface area contributed by atoms with Gasteiger partial charge < -0.3 is 15.6 Å². The zero-order valence-corrected chi connectivity index (χ0v) is 9.39. The Labute approximate surface area is 94.4 Å². The number of amides is 1. The zero-order valence-electron chi connectivity index (χ0n) is 9.39. The van der Waals surface area contributed by atoms with Crippen LogP contribution in [0.15, 0.2) is 12.5 Å². The molecule has 0 spiro atoms. The number of carbonyl (C=O) groups excluding carboxylic acids is 1. The van der Waals surface area contributed by atoms with Crippen LogP contribution < -0.4 is 11.1 Å². The topological polar surface area (TPSA) is 76.2 Å². The molecule has 1 aromatic heterocycles. The van der Waals surface area contributed by atoms with E-state index in [9.17, 15) is 4.79 Å². The summed E-state index contributed by atoms with van der Waals surface area (Å²) in [5, 5.41) is 3.25. The molecule has 0 radical (unpaired) electrons. The Morgan fingerprint density at radius 3 is 2.75 bits per heavy atom. The largest absolute Gasteiger partial charge is 0.368 e. The van der Waals surface area contributed by atoms with Crippen LogP contribution in [0.4, 0.5) is 0 Å². The number of nitrogens with one attached hydrogen (secondary N) is 1. The molecular weight excluding hydrogens is 206 g/mol. The third-order valence-corrected chi connectivity index (χ3v) is 2.92. The first-order valence-electron chi connectivity index (χ1n) is 5.40. The van der Waals surface area contributed by atoms with E-state index in [1.807, 2.05) is 11.6 Å². The van der Waals surface area contributed by atoms with Gasteiger partial charge in [0.25, 0.3) is 0 Å². The van der Waals surface area contributed by atoms with Crippen molar-refractivity contribution in [2.45, 2.75) is 6.04 Å². The molecule has 1 unspecified atom stereocenters. The summed E-state index contributed by atoms with van der Waals surface area (Å²) in [4.78, 5) is 17.7. The van der Waals surface area contributed by atoms with Gasteiger partial charge in [-0.1, -0.05) is 0 Å². The molecule has 2 rings (SSSR count). The van der Waals surface area contributed by atoms with Crippen molar-refractivity contribution in [2.24, 2.45) is 12.8 Å². The van der Waals surface area contributed by atoms with Gasteiger partial charge in [-0.3, -0.25) is 9.69 Å². The van der Waals surface area contributed by atoms with Crippen LogP contribution in [0, 0.1) is 0 Å². The van der Waals surface area contributed by atoms with Crippen molar-refractivity contribution in [3.05, 3.63) is 18.2 Å². The summed E-state index contributed by atoms with van der Waals surface area (Å²) < 4.78 is 1.84. The molecule has 0 saturated carbocycles. The highest BCUT2D eigenvalue weighted by atomic mass is 16.1. The maximum absolute atomic E-state index is 11.6. The van der Waals surface area contributed by atoms with Gasteiger partial charge in [-0.25, -0.2) is 4.98 Å². The first-order chi connectivity index (χ1) is 7.70. The van der Waals surface area contributed by atoms with Crippen molar-refractivity contribution in [1.82, 2.24) is 19.8 Å². The van der Waals surface area contributed by atoms with E-state index in [1.54, 1.807) is 12.5 Å². The van der Waals surface area contributed by atoms with Crippen molar-refractivity contribution < 1.29 is 4.79 Å². The molecule has 3 N–H and O–H groups in total. The molecule has 1 aromatic rings. The van der Waals surface area contributed by atoms with Crippen molar-refractivity contribution in [2.75, 3.05) is 26.2 Å². The first kappa shape index (κ1) is 11.1. The van der Waals surface area contributed by atoms with Crippen LogP contribution in [0.3, 0.4) is 0 Å². The van der Waals surface area contributed by atoms with E-state index in [0.717, 1.165) is 31.9 Å². The lowest BCUT2D eigenvalue weighted by Crippen LogP contribution is -2.48. The predicted molar refractivity (Wildman–Crippen MR) is 59.6 cm³/mol. The molecule has 0 bridgehead atoms. The van der Waals surface area contributed by atoms with Crippen molar-refractivity contribution >= 4 is 5.91 Å². The number of carbonyl (C=O) groups is 1. The summed E-state index contributed by atoms with van der Waals surface area (Å²) in [6, 6.07) is -0.366. The van der Waals surface area contributed by atoms with E-state index in [-0.39, 0.29) is 11.9 Å². The lowest BCUT2D eigenvalue weighted by atomic mass is 10.1. The summed E-state index contributed by atoms with van der Waals surface area (Å²) in [6.07, 6.45) is 3.39. The predicted octanol–water partition coefficient (Wildman–Crippen LogP) is -1.15. The van der Waals surface area contributed by atoms with E-state index in [2.05, 4.69) is 15.2 Å². The van der Waals surface area contributed by atoms with Crippen LogP contribution >= 0.6 is 0 Å². The average Bonchev–Trinajstić information content (AvgIpc) is 2.66. The number of nitrogens with zero attached hydrogens (tertiary/aromatic N) is 3. The molecule has 6 heteroatoms. The zero-order chi connectivity index (χ0) is 11.5. The fourth-order valence-corrected chi connectivity index (χ4v) is 2.08. The second kappa shape index (κ2) is 4.63. The molecule has 1 aliphatic rings. The lowest BCUT2D eigenvalue weighted by Gasteiger charge is -2.32. The smallest absolute Gasteiger partial charge is 0.240 e. The SMILES string of the molecule is Cn1cncc1C(C(N)=O)N1CCNCC1. The molecule has 1 amide bonds. The van der Waals surface area contributed by atoms with E-state index < -0.39 is 0 Å². The molecule has 0 aromatic carbocycles. The van der Waals surface area contributed by atoms with Crippen LogP contribution in [-0.4, -0.2) is 46.5 Å². The summed E-state index contributed by atoms with van der Waals surface area (Å²) in [6.45, 7) is 3.45. The van der Waals surface area contributed by atoms with Gasteiger partial charge in [-0.15, -0.1) is 0 Å². The molecular formula is C10H17N5O. The lowest BCUT2D eigenvalue weighted by molar-refractivity contribution is -0.124. The molecule has 1 saturated heterocycles. The number of primary amides is 1. The van der Waals surface area contributed by atoms with Crippen LogP contribution in [0.5, 0.6) is 0 Å². The highest BCUT2D eigenvalue weighted by Gasteiger charge is 2.28. The number of hydrogen-bond acceptors (Lipinski definition) is 4. The number of hydrogen-bond donors (Lipinski definition) is 2. The number of imidazole rings is 1. The van der Waals surface area contributed by atoms with Gasteiger partial charge in [0.05, 0.1) is 18.2 Å². The Kier molecular flexibility index (Phi) is 3.21. The van der Waals surface area contributed by atoms with Gasteiger partial charge in [-0.2, -0.15) is 0 Å². The fraction of sp³-hybridized carbons (Fsp3) is 0.600. The Hall–Kier alpha value is -1.40. The minimum Gasteiger partial charge on any atom is -0.368 e. The van der Waals surface area contributed by atoms with Crippen LogP contribution in [0.2, 0.25) is 0 Å². The molecule has 1 aliphatic heterocycles. The summed E-state index contributed by atoms with van der Waals surface area (Å²) in [7, 11) is 1.88. The minimum absolute atomic E-state index is 0.314. The molecule has 1 atom stereocenters. The highest BCUT2D eigenvalue weighted by molar-refractivity contribution is 5.81. The molecule has 16 heavy (non-hydrogen) atoms. The second-order valence-corrected chi connectivity index (χ2v) is 4.02. The van der Waals surface area contributed by atoms with Gasteiger partial charge in [0.1, 0.15) is 6.04 Å². The molecule has 88 valence electrons. The number of piperazine rings is 1. The molecule has 2 heterocycles. The Morgan fingerprint density at radius 2 is 2.25 bits per heavy atom. The van der Waals surface area contributed by atoms with Crippen LogP contribution in [-0.2, 0) is 11.8 Å². The normalized spacial score (nSPS) is 19.6. The van der Waals surface area contributed by atoms with E-state index in [4.69, 9.17) is 5.73 Å². The van der Waals surface area contributed by atoms with Gasteiger partial charge in [0, 0.05) is 33.2 Å². The van der Waals surface area contributed by atoms with E-state index in [1.165, 1.54) is 0 Å². The van der Waals surface area contributed by atoms with Gasteiger partial charge >= 0.3 is 0 Å².